The maximum atomic E-state index is 4.37. The summed E-state index contributed by atoms with van der Waals surface area (Å²) in [6.45, 7) is 5.00. The van der Waals surface area contributed by atoms with Gasteiger partial charge in [0.2, 0.25) is 0 Å². The summed E-state index contributed by atoms with van der Waals surface area (Å²) in [5.41, 5.74) is 0. The van der Waals surface area contributed by atoms with Crippen molar-refractivity contribution in [3.8, 4) is 5.82 Å². The van der Waals surface area contributed by atoms with Crippen molar-refractivity contribution in [3.05, 3.63) is 41.9 Å². The zero-order valence-corrected chi connectivity index (χ0v) is 13.6. The first-order valence-electron chi connectivity index (χ1n) is 7.51. The smallest absolute Gasteiger partial charge is 0.182 e. The number of rotatable bonds is 5. The molecule has 3 aromatic rings. The number of nitrogens with one attached hydrogen (secondary N) is 1. The zero-order chi connectivity index (χ0) is 15.6. The molecule has 0 atom stereocenters. The molecular formula is C15H17N7S. The van der Waals surface area contributed by atoms with E-state index < -0.39 is 0 Å². The zero-order valence-electron chi connectivity index (χ0n) is 12.8. The molecule has 0 saturated carbocycles. The molecule has 1 N–H and O–H groups in total. The molecule has 0 amide bonds. The van der Waals surface area contributed by atoms with Gasteiger partial charge >= 0.3 is 0 Å². The highest BCUT2D eigenvalue weighted by atomic mass is 32.1. The van der Waals surface area contributed by atoms with Crippen LogP contribution >= 0.6 is 11.3 Å². The second kappa shape index (κ2) is 5.96. The van der Waals surface area contributed by atoms with E-state index in [2.05, 4.69) is 37.2 Å². The van der Waals surface area contributed by atoms with Crippen molar-refractivity contribution in [2.24, 2.45) is 5.92 Å². The van der Waals surface area contributed by atoms with Crippen LogP contribution in [0.15, 0.2) is 37.1 Å². The van der Waals surface area contributed by atoms with Crippen molar-refractivity contribution in [3.63, 3.8) is 0 Å². The molecule has 4 rings (SSSR count). The summed E-state index contributed by atoms with van der Waals surface area (Å²) in [7, 11) is 0. The number of hydrogen-bond donors (Lipinski definition) is 1. The molecule has 1 aliphatic heterocycles. The lowest BCUT2D eigenvalue weighted by Gasteiger charge is -2.40. The minimum atomic E-state index is 0.613. The molecule has 3 aromatic heterocycles. The molecule has 0 unspecified atom stereocenters. The molecule has 8 heteroatoms. The van der Waals surface area contributed by atoms with Crippen LogP contribution in [0.3, 0.4) is 0 Å². The number of hydrogen-bond acceptors (Lipinski definition) is 7. The molecule has 0 aliphatic carbocycles. The summed E-state index contributed by atoms with van der Waals surface area (Å²) >= 11 is 1.70. The molecular weight excluding hydrogens is 310 g/mol. The van der Waals surface area contributed by atoms with Gasteiger partial charge in [0.25, 0.3) is 0 Å². The fourth-order valence-corrected chi connectivity index (χ4v) is 3.27. The topological polar surface area (TPSA) is 71.8 Å². The predicted molar refractivity (Wildman–Crippen MR) is 90.2 cm³/mol. The van der Waals surface area contributed by atoms with Gasteiger partial charge in [0, 0.05) is 55.1 Å². The second-order valence-electron chi connectivity index (χ2n) is 5.61. The van der Waals surface area contributed by atoms with E-state index in [1.807, 2.05) is 24.5 Å². The van der Waals surface area contributed by atoms with Gasteiger partial charge in [-0.25, -0.2) is 19.6 Å². The van der Waals surface area contributed by atoms with Gasteiger partial charge in [-0.15, -0.1) is 11.3 Å². The van der Waals surface area contributed by atoms with Gasteiger partial charge in [0.05, 0.1) is 0 Å². The van der Waals surface area contributed by atoms with Crippen LogP contribution in [0.4, 0.5) is 10.9 Å². The SMILES string of the molecule is Cc1cnc(NCC2CN(c3cc(-n4cccn4)ncn3)C2)s1. The van der Waals surface area contributed by atoms with Crippen LogP contribution in [0, 0.1) is 12.8 Å². The first kappa shape index (κ1) is 14.1. The summed E-state index contributed by atoms with van der Waals surface area (Å²) in [6, 6.07) is 3.86. The molecule has 0 radical (unpaired) electrons. The van der Waals surface area contributed by atoms with Crippen molar-refractivity contribution in [1.29, 1.82) is 0 Å². The Morgan fingerprint density at radius 3 is 2.87 bits per heavy atom. The van der Waals surface area contributed by atoms with E-state index >= 15 is 0 Å². The van der Waals surface area contributed by atoms with Gasteiger partial charge in [-0.2, -0.15) is 5.10 Å². The second-order valence-corrected chi connectivity index (χ2v) is 6.85. The normalized spacial score (nSPS) is 14.7. The van der Waals surface area contributed by atoms with Gasteiger partial charge in [-0.1, -0.05) is 0 Å². The van der Waals surface area contributed by atoms with Crippen molar-refractivity contribution < 1.29 is 0 Å². The van der Waals surface area contributed by atoms with Gasteiger partial charge in [-0.3, -0.25) is 0 Å². The molecule has 0 aromatic carbocycles. The standard InChI is InChI=1S/C15H17N7S/c1-11-6-16-15(23-11)17-7-12-8-21(9-12)13-5-14(19-10-18-13)22-4-2-3-20-22/h2-6,10,12H,7-9H2,1H3,(H,16,17). The van der Waals surface area contributed by atoms with Gasteiger partial charge in [0.15, 0.2) is 10.9 Å². The van der Waals surface area contributed by atoms with E-state index in [1.165, 1.54) is 4.88 Å². The highest BCUT2D eigenvalue weighted by Gasteiger charge is 2.28. The molecule has 118 valence electrons. The maximum Gasteiger partial charge on any atom is 0.182 e. The van der Waals surface area contributed by atoms with Crippen LogP contribution in [0.1, 0.15) is 4.88 Å². The van der Waals surface area contributed by atoms with Crippen LogP contribution in [-0.2, 0) is 0 Å². The van der Waals surface area contributed by atoms with Gasteiger partial charge in [0.1, 0.15) is 12.1 Å². The van der Waals surface area contributed by atoms with Crippen molar-refractivity contribution in [1.82, 2.24) is 24.7 Å². The quantitative estimate of drug-likeness (QED) is 0.772. The molecule has 1 saturated heterocycles. The van der Waals surface area contributed by atoms with Crippen LogP contribution < -0.4 is 10.2 Å². The molecule has 23 heavy (non-hydrogen) atoms. The first-order chi connectivity index (χ1) is 11.3. The average Bonchev–Trinajstić information content (AvgIpc) is 3.18. The monoisotopic (exact) mass is 327 g/mol. The summed E-state index contributed by atoms with van der Waals surface area (Å²) in [4.78, 5) is 16.5. The lowest BCUT2D eigenvalue weighted by Crippen LogP contribution is -2.50. The summed E-state index contributed by atoms with van der Waals surface area (Å²) in [6.07, 6.45) is 7.12. The molecule has 0 bridgehead atoms. The predicted octanol–water partition coefficient (Wildman–Crippen LogP) is 1.98. The van der Waals surface area contributed by atoms with E-state index in [4.69, 9.17) is 0 Å². The minimum absolute atomic E-state index is 0.613. The number of aromatic nitrogens is 5. The third-order valence-electron chi connectivity index (χ3n) is 3.82. The fraction of sp³-hybridized carbons (Fsp3) is 0.333. The minimum Gasteiger partial charge on any atom is -0.361 e. The number of aryl methyl sites for hydroxylation is 1. The van der Waals surface area contributed by atoms with Crippen LogP contribution in [0.25, 0.3) is 5.82 Å². The third kappa shape index (κ3) is 3.02. The Labute approximate surface area is 138 Å². The van der Waals surface area contributed by atoms with Gasteiger partial charge < -0.3 is 10.2 Å². The Balaban J connectivity index is 1.34. The molecule has 0 spiro atoms. The summed E-state index contributed by atoms with van der Waals surface area (Å²) in [5, 5.41) is 8.61. The first-order valence-corrected chi connectivity index (χ1v) is 8.33. The Kier molecular flexibility index (Phi) is 3.66. The average molecular weight is 327 g/mol. The van der Waals surface area contributed by atoms with Crippen LogP contribution in [0.5, 0.6) is 0 Å². The van der Waals surface area contributed by atoms with Gasteiger partial charge in [-0.05, 0) is 13.0 Å². The van der Waals surface area contributed by atoms with Crippen molar-refractivity contribution >= 4 is 22.3 Å². The van der Waals surface area contributed by atoms with E-state index in [-0.39, 0.29) is 0 Å². The molecule has 4 heterocycles. The fourth-order valence-electron chi connectivity index (χ4n) is 2.59. The molecule has 1 aliphatic rings. The highest BCUT2D eigenvalue weighted by Crippen LogP contribution is 2.24. The van der Waals surface area contributed by atoms with E-state index in [1.54, 1.807) is 28.5 Å². The third-order valence-corrected chi connectivity index (χ3v) is 4.69. The Morgan fingerprint density at radius 1 is 1.26 bits per heavy atom. The largest absolute Gasteiger partial charge is 0.361 e. The number of anilines is 2. The number of thiazole rings is 1. The van der Waals surface area contributed by atoms with Crippen LogP contribution in [-0.4, -0.2) is 44.4 Å². The maximum absolute atomic E-state index is 4.37. The molecule has 1 fully saturated rings. The van der Waals surface area contributed by atoms with E-state index in [0.29, 0.717) is 5.92 Å². The van der Waals surface area contributed by atoms with E-state index in [9.17, 15) is 0 Å². The Morgan fingerprint density at radius 2 is 2.13 bits per heavy atom. The summed E-state index contributed by atoms with van der Waals surface area (Å²) in [5.74, 6) is 2.36. The van der Waals surface area contributed by atoms with Crippen molar-refractivity contribution in [2.45, 2.75) is 6.92 Å². The summed E-state index contributed by atoms with van der Waals surface area (Å²) < 4.78 is 1.74. The van der Waals surface area contributed by atoms with Crippen LogP contribution in [0.2, 0.25) is 0 Å². The Hall–Kier alpha value is -2.48. The lowest BCUT2D eigenvalue weighted by atomic mass is 10.0. The van der Waals surface area contributed by atoms with Crippen molar-refractivity contribution in [2.75, 3.05) is 29.9 Å². The molecule has 7 nitrogen and oxygen atoms in total. The Bertz CT molecular complexity index is 777. The highest BCUT2D eigenvalue weighted by molar-refractivity contribution is 7.15. The lowest BCUT2D eigenvalue weighted by molar-refractivity contribution is 0.426. The van der Waals surface area contributed by atoms with E-state index in [0.717, 1.165) is 36.4 Å². The number of nitrogens with zero attached hydrogens (tertiary/aromatic N) is 6.